The first-order chi connectivity index (χ1) is 16.6. The van der Waals surface area contributed by atoms with Gasteiger partial charge in [0.25, 0.3) is 11.8 Å². The summed E-state index contributed by atoms with van der Waals surface area (Å²) in [5, 5.41) is 5.69. The van der Waals surface area contributed by atoms with Gasteiger partial charge in [0.05, 0.1) is 15.9 Å². The van der Waals surface area contributed by atoms with Gasteiger partial charge in [-0.1, -0.05) is 29.9 Å². The topological polar surface area (TPSA) is 78.7 Å². The van der Waals surface area contributed by atoms with Crippen LogP contribution in [0.5, 0.6) is 0 Å². The molecule has 3 heterocycles. The van der Waals surface area contributed by atoms with E-state index in [0.717, 1.165) is 39.4 Å². The molecule has 2 aromatic carbocycles. The first kappa shape index (κ1) is 22.6. The number of aromatic nitrogens is 2. The third kappa shape index (κ3) is 4.69. The van der Waals surface area contributed by atoms with Gasteiger partial charge in [-0.15, -0.1) is 0 Å². The maximum absolute atomic E-state index is 12.6. The van der Waals surface area contributed by atoms with Crippen LogP contribution in [0.3, 0.4) is 0 Å². The van der Waals surface area contributed by atoms with E-state index in [1.165, 1.54) is 32.4 Å². The van der Waals surface area contributed by atoms with Crippen molar-refractivity contribution in [1.82, 2.24) is 24.9 Å². The molecule has 2 N–H and O–H groups in total. The fourth-order valence-corrected chi connectivity index (χ4v) is 5.51. The maximum Gasteiger partial charge on any atom is 0.251 e. The lowest BCUT2D eigenvalue weighted by molar-refractivity contribution is 0.0947. The van der Waals surface area contributed by atoms with Crippen molar-refractivity contribution in [2.45, 2.75) is 25.7 Å². The number of fused-ring (bicyclic) bond motifs is 3. The average Bonchev–Trinajstić information content (AvgIpc) is 3.44. The second-order valence-electron chi connectivity index (χ2n) is 8.73. The monoisotopic (exact) mass is 475 g/mol. The summed E-state index contributed by atoms with van der Waals surface area (Å²) < 4.78 is 2.06. The van der Waals surface area contributed by atoms with Crippen LogP contribution in [0.1, 0.15) is 46.4 Å². The van der Waals surface area contributed by atoms with Crippen molar-refractivity contribution in [3.63, 3.8) is 0 Å². The van der Waals surface area contributed by atoms with Crippen LogP contribution in [0.25, 0.3) is 26.4 Å². The Bertz CT molecular complexity index is 1320. The summed E-state index contributed by atoms with van der Waals surface area (Å²) in [4.78, 5) is 33.6. The van der Waals surface area contributed by atoms with E-state index in [2.05, 4.69) is 26.1 Å². The van der Waals surface area contributed by atoms with Crippen molar-refractivity contribution < 1.29 is 9.59 Å². The molecule has 2 aromatic heterocycles. The number of imidazole rings is 1. The molecule has 0 unspecified atom stereocenters. The van der Waals surface area contributed by atoms with Crippen molar-refractivity contribution in [2.75, 3.05) is 33.2 Å². The molecule has 0 bridgehead atoms. The molecule has 1 aliphatic rings. The number of amides is 2. The Hall–Kier alpha value is -3.23. The Labute approximate surface area is 202 Å². The number of likely N-dealkylation sites (tertiary alicyclic amines) is 1. The van der Waals surface area contributed by atoms with Crippen molar-refractivity contribution in [1.29, 1.82) is 0 Å². The summed E-state index contributed by atoms with van der Waals surface area (Å²) in [6, 6.07) is 13.2. The fraction of sp³-hybridized carbons (Fsp3) is 0.346. The SMILES string of the molecule is CNC(=O)c1ccc(-c2cn3c(nc4cc(C(=O)NCCCN5CCCCC5)ccc43)s2)cc1. The Morgan fingerprint density at radius 2 is 1.76 bits per heavy atom. The molecular weight excluding hydrogens is 446 g/mol. The first-order valence-corrected chi connectivity index (χ1v) is 12.7. The van der Waals surface area contributed by atoms with Gasteiger partial charge >= 0.3 is 0 Å². The average molecular weight is 476 g/mol. The zero-order chi connectivity index (χ0) is 23.5. The molecule has 34 heavy (non-hydrogen) atoms. The molecule has 8 heteroatoms. The van der Waals surface area contributed by atoms with Crippen molar-refractivity contribution >= 4 is 39.1 Å². The Morgan fingerprint density at radius 3 is 2.53 bits per heavy atom. The smallest absolute Gasteiger partial charge is 0.251 e. The molecule has 7 nitrogen and oxygen atoms in total. The highest BCUT2D eigenvalue weighted by molar-refractivity contribution is 7.20. The van der Waals surface area contributed by atoms with Crippen LogP contribution < -0.4 is 10.6 Å². The highest BCUT2D eigenvalue weighted by atomic mass is 32.1. The van der Waals surface area contributed by atoms with Gasteiger partial charge < -0.3 is 15.5 Å². The van der Waals surface area contributed by atoms with Gasteiger partial charge in [0, 0.05) is 30.9 Å². The number of piperidine rings is 1. The Kier molecular flexibility index (Phi) is 6.60. The number of carbonyl (C=O) groups excluding carboxylic acids is 2. The van der Waals surface area contributed by atoms with Crippen LogP contribution in [-0.4, -0.2) is 59.3 Å². The van der Waals surface area contributed by atoms with Gasteiger partial charge in [-0.05, 0) is 74.8 Å². The molecule has 5 rings (SSSR count). The lowest BCUT2D eigenvalue weighted by Gasteiger charge is -2.26. The summed E-state index contributed by atoms with van der Waals surface area (Å²) >= 11 is 1.59. The number of hydrogen-bond acceptors (Lipinski definition) is 5. The number of thiazole rings is 1. The maximum atomic E-state index is 12.6. The predicted octanol–water partition coefficient (Wildman–Crippen LogP) is 4.18. The lowest BCUT2D eigenvalue weighted by Crippen LogP contribution is -2.33. The van der Waals surface area contributed by atoms with E-state index < -0.39 is 0 Å². The van der Waals surface area contributed by atoms with Gasteiger partial charge in [0.15, 0.2) is 4.96 Å². The van der Waals surface area contributed by atoms with Gasteiger partial charge in [0.2, 0.25) is 0 Å². The van der Waals surface area contributed by atoms with E-state index in [1.54, 1.807) is 18.4 Å². The molecule has 0 radical (unpaired) electrons. The number of nitrogens with one attached hydrogen (secondary N) is 2. The highest BCUT2D eigenvalue weighted by Crippen LogP contribution is 2.31. The Balaban J connectivity index is 1.25. The number of rotatable bonds is 7. The molecule has 1 fully saturated rings. The largest absolute Gasteiger partial charge is 0.355 e. The summed E-state index contributed by atoms with van der Waals surface area (Å²) in [7, 11) is 1.63. The van der Waals surface area contributed by atoms with Gasteiger partial charge in [-0.2, -0.15) is 0 Å². The molecule has 1 aliphatic heterocycles. The van der Waals surface area contributed by atoms with Crippen molar-refractivity contribution in [3.8, 4) is 10.4 Å². The number of nitrogens with zero attached hydrogens (tertiary/aromatic N) is 3. The number of hydrogen-bond donors (Lipinski definition) is 2. The van der Waals surface area contributed by atoms with Crippen LogP contribution in [0.15, 0.2) is 48.7 Å². The minimum absolute atomic E-state index is 0.0474. The zero-order valence-electron chi connectivity index (χ0n) is 19.3. The zero-order valence-corrected chi connectivity index (χ0v) is 20.2. The van der Waals surface area contributed by atoms with Gasteiger partial charge in [0.1, 0.15) is 0 Å². The molecule has 4 aromatic rings. The summed E-state index contributed by atoms with van der Waals surface area (Å²) in [6.45, 7) is 4.11. The third-order valence-corrected chi connectivity index (χ3v) is 7.44. The first-order valence-electron chi connectivity index (χ1n) is 11.9. The molecule has 2 amide bonds. The van der Waals surface area contributed by atoms with E-state index >= 15 is 0 Å². The minimum atomic E-state index is -0.0969. The third-order valence-electron chi connectivity index (χ3n) is 6.41. The molecular formula is C26H29N5O2S. The van der Waals surface area contributed by atoms with Crippen LogP contribution in [-0.2, 0) is 0 Å². The molecule has 0 atom stereocenters. The summed E-state index contributed by atoms with van der Waals surface area (Å²) in [5.74, 6) is -0.144. The normalized spacial score (nSPS) is 14.5. The van der Waals surface area contributed by atoms with E-state index in [4.69, 9.17) is 4.98 Å². The fourth-order valence-electron chi connectivity index (χ4n) is 4.51. The van der Waals surface area contributed by atoms with Crippen LogP contribution >= 0.6 is 11.3 Å². The van der Waals surface area contributed by atoms with Gasteiger partial charge in [-0.25, -0.2) is 4.98 Å². The summed E-state index contributed by atoms with van der Waals surface area (Å²) in [6.07, 6.45) is 6.96. The van der Waals surface area contributed by atoms with Crippen LogP contribution in [0.2, 0.25) is 0 Å². The molecule has 0 aliphatic carbocycles. The number of carbonyl (C=O) groups is 2. The quantitative estimate of drug-likeness (QED) is 0.393. The summed E-state index contributed by atoms with van der Waals surface area (Å²) in [5.41, 5.74) is 4.10. The lowest BCUT2D eigenvalue weighted by atomic mass is 10.1. The molecule has 176 valence electrons. The van der Waals surface area contributed by atoms with E-state index in [-0.39, 0.29) is 11.8 Å². The standard InChI is InChI=1S/C26H29N5O2S/c1-27-24(32)19-8-6-18(7-9-19)23-17-31-22-11-10-20(16-21(22)29-26(31)34-23)25(33)28-12-5-15-30-13-3-2-4-14-30/h6-11,16-17H,2-5,12-15H2,1H3,(H,27,32)(H,28,33). The van der Waals surface area contributed by atoms with Gasteiger partial charge in [-0.3, -0.25) is 14.0 Å². The molecule has 0 spiro atoms. The highest BCUT2D eigenvalue weighted by Gasteiger charge is 2.14. The second kappa shape index (κ2) is 9.95. The molecule has 1 saturated heterocycles. The van der Waals surface area contributed by atoms with E-state index in [9.17, 15) is 9.59 Å². The van der Waals surface area contributed by atoms with Crippen LogP contribution in [0, 0.1) is 0 Å². The van der Waals surface area contributed by atoms with Crippen LogP contribution in [0.4, 0.5) is 0 Å². The van der Waals surface area contributed by atoms with E-state index in [1.807, 2.05) is 42.5 Å². The predicted molar refractivity (Wildman–Crippen MR) is 137 cm³/mol. The second-order valence-corrected chi connectivity index (χ2v) is 9.74. The van der Waals surface area contributed by atoms with E-state index in [0.29, 0.717) is 17.7 Å². The van der Waals surface area contributed by atoms with Crippen molar-refractivity contribution in [2.24, 2.45) is 0 Å². The minimum Gasteiger partial charge on any atom is -0.355 e. The Morgan fingerprint density at radius 1 is 1.00 bits per heavy atom. The van der Waals surface area contributed by atoms with Crippen molar-refractivity contribution in [3.05, 3.63) is 59.8 Å². The molecule has 0 saturated carbocycles. The number of benzene rings is 2.